The molecule has 270 valence electrons. The fraction of sp³-hybridized carbons (Fsp3) is 0.348. The Labute approximate surface area is 345 Å². The molecule has 5 aromatic carbocycles. The summed E-state index contributed by atoms with van der Waals surface area (Å²) in [6.07, 6.45) is 10.4. The number of hydrogen-bond acceptors (Lipinski definition) is 0. The van der Waals surface area contributed by atoms with Crippen molar-refractivity contribution in [2.45, 2.75) is 92.9 Å². The van der Waals surface area contributed by atoms with Crippen molar-refractivity contribution in [3.8, 4) is 0 Å². The fourth-order valence-electron chi connectivity index (χ4n) is 5.81. The molecule has 1 atom stereocenters. The number of rotatable bonds is 4. The monoisotopic (exact) mass is 834 g/mol. The van der Waals surface area contributed by atoms with Crippen molar-refractivity contribution >= 4 is 48.0 Å². The maximum Gasteiger partial charge on any atom is -1.00 e. The molecule has 0 amide bonds. The second kappa shape index (κ2) is 18.9. The van der Waals surface area contributed by atoms with Crippen LogP contribution in [0.3, 0.4) is 0 Å². The van der Waals surface area contributed by atoms with Gasteiger partial charge in [-0.05, 0) is 10.8 Å². The van der Waals surface area contributed by atoms with Crippen molar-refractivity contribution in [1.29, 1.82) is 0 Å². The Bertz CT molecular complexity index is 1820. The summed E-state index contributed by atoms with van der Waals surface area (Å²) in [4.78, 5) is 0. The first-order chi connectivity index (χ1) is 22.9. The summed E-state index contributed by atoms with van der Waals surface area (Å²) in [7, 11) is 0. The van der Waals surface area contributed by atoms with E-state index in [1.54, 1.807) is 0 Å². The average molecular weight is 838 g/mol. The Morgan fingerprint density at radius 2 is 1.06 bits per heavy atom. The number of hydrogen-bond donors (Lipinski definition) is 0. The summed E-state index contributed by atoms with van der Waals surface area (Å²) in [5.41, 5.74) is 7.39. The van der Waals surface area contributed by atoms with Gasteiger partial charge in [-0.3, -0.25) is 6.08 Å². The molecule has 1 unspecified atom stereocenters. The van der Waals surface area contributed by atoms with Gasteiger partial charge in [0.1, 0.15) is 0 Å². The molecular weight excluding hydrogens is 786 g/mol. The summed E-state index contributed by atoms with van der Waals surface area (Å²) in [5, 5.41) is 7.01. The molecule has 0 radical (unpaired) electrons. The van der Waals surface area contributed by atoms with Crippen molar-refractivity contribution in [3.63, 3.8) is 0 Å². The number of benzene rings is 4. The molecule has 51 heavy (non-hydrogen) atoms. The molecule has 0 bridgehead atoms. The van der Waals surface area contributed by atoms with Crippen LogP contribution in [0.5, 0.6) is 0 Å². The van der Waals surface area contributed by atoms with Crippen LogP contribution >= 0.6 is 23.2 Å². The maximum absolute atomic E-state index is 5.86. The van der Waals surface area contributed by atoms with Crippen molar-refractivity contribution in [2.75, 3.05) is 0 Å². The summed E-state index contributed by atoms with van der Waals surface area (Å²) in [6.45, 7) is 22.6. The molecule has 0 saturated heterocycles. The third kappa shape index (κ3) is 12.6. The first-order valence-corrected chi connectivity index (χ1v) is 19.4. The van der Waals surface area contributed by atoms with E-state index < -0.39 is 0 Å². The van der Waals surface area contributed by atoms with E-state index in [2.05, 4.69) is 130 Å². The SMILES string of the molecule is CC(C)(C)c1ccc2c(c1)[cH-]c1cc(C(C)(C)C)ccc12.CCCC1[C-]=CC(C(C)(C)C)=C1.Clc1ccc([C](=[Zr+2])c2ccc(Cl)cc2)cc1.[Cl-].[Cl-]. The Hall–Kier alpha value is -1.86. The van der Waals surface area contributed by atoms with Gasteiger partial charge in [0.15, 0.2) is 0 Å². The molecule has 5 aromatic rings. The predicted molar refractivity (Wildman–Crippen MR) is 214 cm³/mol. The van der Waals surface area contributed by atoms with Gasteiger partial charge in [-0.2, -0.15) is 11.6 Å². The Morgan fingerprint density at radius 3 is 1.39 bits per heavy atom. The van der Waals surface area contributed by atoms with Crippen LogP contribution in [0.25, 0.3) is 21.5 Å². The fourth-order valence-corrected chi connectivity index (χ4v) is 6.88. The maximum atomic E-state index is 5.86. The van der Waals surface area contributed by atoms with E-state index in [1.807, 2.05) is 48.5 Å². The summed E-state index contributed by atoms with van der Waals surface area (Å²) in [5.74, 6) is 0.587. The van der Waals surface area contributed by atoms with Crippen LogP contribution in [0.1, 0.15) is 104 Å². The quantitative estimate of drug-likeness (QED) is 0.161. The van der Waals surface area contributed by atoms with E-state index >= 15 is 0 Å². The first kappa shape index (κ1) is 45.3. The van der Waals surface area contributed by atoms with Gasteiger partial charge in [-0.1, -0.05) is 129 Å². The Morgan fingerprint density at radius 1 is 0.647 bits per heavy atom. The zero-order valence-electron chi connectivity index (χ0n) is 31.8. The molecule has 1 aliphatic rings. The second-order valence-electron chi connectivity index (χ2n) is 16.2. The molecule has 6 rings (SSSR count). The molecule has 0 aromatic heterocycles. The van der Waals surface area contributed by atoms with Gasteiger partial charge in [-0.25, -0.2) is 6.08 Å². The van der Waals surface area contributed by atoms with E-state index in [0.717, 1.165) is 10.0 Å². The molecule has 0 aliphatic heterocycles. The Balaban J connectivity index is 0.000000270. The number of halogens is 4. The van der Waals surface area contributed by atoms with E-state index in [9.17, 15) is 0 Å². The van der Waals surface area contributed by atoms with Gasteiger partial charge in [-0.15, -0.1) is 39.7 Å². The van der Waals surface area contributed by atoms with Crippen molar-refractivity contribution in [1.82, 2.24) is 0 Å². The third-order valence-corrected chi connectivity index (χ3v) is 10.9. The normalized spacial score (nSPS) is 14.1. The number of allylic oxidation sites excluding steroid dienone is 4. The summed E-state index contributed by atoms with van der Waals surface area (Å²) >= 11 is 13.1. The minimum absolute atomic E-state index is 0. The van der Waals surface area contributed by atoms with Gasteiger partial charge < -0.3 is 24.8 Å². The molecule has 0 N–H and O–H groups in total. The third-order valence-electron chi connectivity index (χ3n) is 9.00. The molecule has 0 nitrogen and oxygen atoms in total. The molecule has 0 fully saturated rings. The van der Waals surface area contributed by atoms with Crippen LogP contribution in [0.4, 0.5) is 0 Å². The number of fused-ring (bicyclic) bond motifs is 3. The smallest absolute Gasteiger partial charge is 1.00 e. The standard InChI is InChI=1S/C21H25.C13H8Cl2.C12H19.2ClH.Zr/c1-20(2,3)16-7-9-18-14(12-16)11-15-13-17(21(4,5)6)8-10-19(15)18;14-12-5-1-10(2-6-12)9-11-3-7-13(15)8-4-11;1-5-6-10-7-8-11(9-10)12(2,3)4;;;/h7-13H,1-6H3;1-8H;8-10H,5-6H2,1-4H3;2*1H;/q-1;;-1;;;+2/p-2. The van der Waals surface area contributed by atoms with E-state index in [0.29, 0.717) is 11.3 Å². The van der Waals surface area contributed by atoms with Crippen molar-refractivity contribution < 1.29 is 49.0 Å². The minimum atomic E-state index is 0. The van der Waals surface area contributed by atoms with Crippen LogP contribution in [0.2, 0.25) is 10.0 Å². The molecule has 0 saturated carbocycles. The van der Waals surface area contributed by atoms with Gasteiger partial charge in [0.05, 0.1) is 0 Å². The van der Waals surface area contributed by atoms with Crippen molar-refractivity contribution in [3.05, 3.63) is 147 Å². The van der Waals surface area contributed by atoms with Gasteiger partial charge in [0.2, 0.25) is 0 Å². The topological polar surface area (TPSA) is 0 Å². The molecule has 5 heteroatoms. The van der Waals surface area contributed by atoms with Gasteiger partial charge in [0, 0.05) is 0 Å². The van der Waals surface area contributed by atoms with Crippen LogP contribution < -0.4 is 24.8 Å². The second-order valence-corrected chi connectivity index (χ2v) is 18.3. The van der Waals surface area contributed by atoms with Gasteiger partial charge in [0.25, 0.3) is 0 Å². The minimum Gasteiger partial charge on any atom is -1.00 e. The van der Waals surface area contributed by atoms with Crippen LogP contribution in [0.15, 0.2) is 109 Å². The average Bonchev–Trinajstić information content (AvgIpc) is 3.66. The summed E-state index contributed by atoms with van der Waals surface area (Å²) in [6, 6.07) is 32.0. The van der Waals surface area contributed by atoms with E-state index in [-0.39, 0.29) is 35.6 Å². The van der Waals surface area contributed by atoms with E-state index in [1.165, 1.54) is 89.7 Å². The first-order valence-electron chi connectivity index (χ1n) is 17.4. The zero-order chi connectivity index (χ0) is 36.1. The molecule has 0 heterocycles. The molecule has 0 spiro atoms. The predicted octanol–water partition coefficient (Wildman–Crippen LogP) is 8.17. The van der Waals surface area contributed by atoms with Crippen LogP contribution in [-0.2, 0) is 35.1 Å². The van der Waals surface area contributed by atoms with Crippen LogP contribution in [-0.4, -0.2) is 3.21 Å². The largest absolute Gasteiger partial charge is 1.00 e. The Kier molecular flexibility index (Phi) is 16.8. The van der Waals surface area contributed by atoms with E-state index in [4.69, 9.17) is 23.2 Å². The van der Waals surface area contributed by atoms with Crippen LogP contribution in [0, 0.1) is 17.4 Å². The van der Waals surface area contributed by atoms with Crippen molar-refractivity contribution in [2.24, 2.45) is 11.3 Å². The molecule has 1 aliphatic carbocycles. The summed E-state index contributed by atoms with van der Waals surface area (Å²) < 4.78 is 1.31. The van der Waals surface area contributed by atoms with Gasteiger partial charge >= 0.3 is 120 Å². The molecular formula is C46H52Cl4Zr-2. The zero-order valence-corrected chi connectivity index (χ0v) is 37.3.